The summed E-state index contributed by atoms with van der Waals surface area (Å²) in [6.45, 7) is 6.78. The van der Waals surface area contributed by atoms with E-state index in [0.717, 1.165) is 11.1 Å². The Morgan fingerprint density at radius 3 is 1.97 bits per heavy atom. The van der Waals surface area contributed by atoms with Crippen molar-refractivity contribution in [2.75, 3.05) is 0 Å². The number of hydrogen-bond acceptors (Lipinski definition) is 5. The van der Waals surface area contributed by atoms with E-state index in [1.165, 1.54) is 6.92 Å². The van der Waals surface area contributed by atoms with Crippen LogP contribution >= 0.6 is 12.2 Å². The number of benzene rings is 2. The molecule has 3 atom stereocenters. The van der Waals surface area contributed by atoms with E-state index in [2.05, 4.69) is 10.7 Å². The first-order valence-electron chi connectivity index (χ1n) is 10.8. The second-order valence-electron chi connectivity index (χ2n) is 8.83. The van der Waals surface area contributed by atoms with Crippen LogP contribution in [0.25, 0.3) is 0 Å². The molecular formula is C26H32NO4S. The molecule has 5 nitrogen and oxygen atoms in total. The number of nitrogens with one attached hydrogen (secondary N) is 1. The van der Waals surface area contributed by atoms with Gasteiger partial charge in [0.1, 0.15) is 11.7 Å². The van der Waals surface area contributed by atoms with E-state index >= 15 is 0 Å². The Kier molecular flexibility index (Phi) is 9.85. The molecule has 0 saturated carbocycles. The Balaban J connectivity index is 2.25. The number of carbonyl (C=O) groups is 2. The standard InChI is InChI=1S/C26H32NO4S/c1-19(28)30-24(17-22(18-32)15-20-11-7-5-8-12-20)23(16-21-13-9-6-10-14-21)27-25(29)31-26(2,3)4/h5-14,22-24H,15-17H2,1-4H3,(H,27,29)/t22-,23+,24+/m1/s1. The topological polar surface area (TPSA) is 64.6 Å². The molecule has 0 fully saturated rings. The number of ether oxygens (including phenoxy) is 2. The molecule has 0 unspecified atom stereocenters. The lowest BCUT2D eigenvalue weighted by Gasteiger charge is -2.30. The van der Waals surface area contributed by atoms with Crippen LogP contribution in [-0.2, 0) is 27.1 Å². The first kappa shape index (κ1) is 25.5. The van der Waals surface area contributed by atoms with E-state index in [1.807, 2.05) is 60.7 Å². The van der Waals surface area contributed by atoms with Crippen molar-refractivity contribution >= 4 is 29.6 Å². The lowest BCUT2D eigenvalue weighted by atomic mass is 9.90. The van der Waals surface area contributed by atoms with E-state index in [0.29, 0.717) is 19.3 Å². The fourth-order valence-corrected chi connectivity index (χ4v) is 3.64. The van der Waals surface area contributed by atoms with Crippen LogP contribution in [0.4, 0.5) is 4.79 Å². The third kappa shape index (κ3) is 9.60. The van der Waals surface area contributed by atoms with Crippen LogP contribution in [0.5, 0.6) is 0 Å². The summed E-state index contributed by atoms with van der Waals surface area (Å²) >= 11 is 5.18. The summed E-state index contributed by atoms with van der Waals surface area (Å²) in [7, 11) is 0. The van der Waals surface area contributed by atoms with Crippen LogP contribution in [0.1, 0.15) is 45.2 Å². The molecule has 0 aromatic heterocycles. The van der Waals surface area contributed by atoms with Crippen molar-refractivity contribution in [1.29, 1.82) is 0 Å². The van der Waals surface area contributed by atoms with Gasteiger partial charge >= 0.3 is 12.1 Å². The SMILES string of the molecule is CC(=O)O[C@@H](C[C@H]([C]=S)Cc1ccccc1)[C@H](Cc1ccccc1)NC(=O)OC(C)(C)C. The monoisotopic (exact) mass is 454 g/mol. The summed E-state index contributed by atoms with van der Waals surface area (Å²) in [5, 5.41) is 5.83. The van der Waals surface area contributed by atoms with Crippen molar-refractivity contribution in [2.45, 2.75) is 64.7 Å². The molecule has 6 heteroatoms. The van der Waals surface area contributed by atoms with E-state index in [1.54, 1.807) is 20.8 Å². The van der Waals surface area contributed by atoms with Gasteiger partial charge < -0.3 is 14.8 Å². The zero-order valence-electron chi connectivity index (χ0n) is 19.2. The number of thiocarbonyl (C=S) groups is 1. The quantitative estimate of drug-likeness (QED) is 0.396. The second kappa shape index (κ2) is 12.3. The minimum absolute atomic E-state index is 0.129. The summed E-state index contributed by atoms with van der Waals surface area (Å²) in [5.41, 5.74) is 1.49. The number of alkyl carbamates (subject to hydrolysis) is 1. The largest absolute Gasteiger partial charge is 0.460 e. The molecule has 2 aromatic carbocycles. The van der Waals surface area contributed by atoms with Gasteiger partial charge in [0.25, 0.3) is 0 Å². The van der Waals surface area contributed by atoms with Gasteiger partial charge in [-0.1, -0.05) is 72.9 Å². The van der Waals surface area contributed by atoms with Crippen LogP contribution < -0.4 is 5.32 Å². The molecule has 2 aromatic rings. The van der Waals surface area contributed by atoms with Crippen molar-refractivity contribution < 1.29 is 19.1 Å². The maximum absolute atomic E-state index is 12.6. The fourth-order valence-electron chi connectivity index (χ4n) is 3.46. The molecule has 2 rings (SSSR count). The molecule has 32 heavy (non-hydrogen) atoms. The third-order valence-corrected chi connectivity index (χ3v) is 5.11. The normalized spacial score (nSPS) is 14.0. The molecule has 0 aliphatic rings. The summed E-state index contributed by atoms with van der Waals surface area (Å²) in [6, 6.07) is 19.2. The smallest absolute Gasteiger partial charge is 0.408 e. The highest BCUT2D eigenvalue weighted by atomic mass is 32.1. The highest BCUT2D eigenvalue weighted by molar-refractivity contribution is 7.79. The Morgan fingerprint density at radius 2 is 1.50 bits per heavy atom. The zero-order chi connectivity index (χ0) is 23.6. The minimum Gasteiger partial charge on any atom is -0.460 e. The fraction of sp³-hybridized carbons (Fsp3) is 0.423. The average molecular weight is 455 g/mol. The molecule has 1 radical (unpaired) electrons. The van der Waals surface area contributed by atoms with Gasteiger partial charge in [0.2, 0.25) is 0 Å². The van der Waals surface area contributed by atoms with Crippen LogP contribution in [0.2, 0.25) is 0 Å². The lowest BCUT2D eigenvalue weighted by molar-refractivity contribution is -0.148. The summed E-state index contributed by atoms with van der Waals surface area (Å²) in [6.07, 6.45) is 0.441. The summed E-state index contributed by atoms with van der Waals surface area (Å²) < 4.78 is 11.2. The average Bonchev–Trinajstić information content (AvgIpc) is 2.72. The van der Waals surface area contributed by atoms with Gasteiger partial charge in [-0.2, -0.15) is 0 Å². The Bertz CT molecular complexity index is 864. The van der Waals surface area contributed by atoms with Crippen molar-refractivity contribution in [3.05, 3.63) is 71.8 Å². The van der Waals surface area contributed by atoms with Gasteiger partial charge in [0.15, 0.2) is 0 Å². The zero-order valence-corrected chi connectivity index (χ0v) is 20.0. The number of rotatable bonds is 10. The van der Waals surface area contributed by atoms with E-state index in [9.17, 15) is 9.59 Å². The molecule has 0 aliphatic heterocycles. The number of esters is 1. The highest BCUT2D eigenvalue weighted by Crippen LogP contribution is 2.20. The summed E-state index contributed by atoms with van der Waals surface area (Å²) in [4.78, 5) is 24.5. The maximum Gasteiger partial charge on any atom is 0.408 e. The summed E-state index contributed by atoms with van der Waals surface area (Å²) in [5.74, 6) is -0.544. The van der Waals surface area contributed by atoms with Crippen molar-refractivity contribution in [2.24, 2.45) is 5.92 Å². The van der Waals surface area contributed by atoms with E-state index in [-0.39, 0.29) is 5.92 Å². The van der Waals surface area contributed by atoms with Gasteiger partial charge in [0.05, 0.1) is 6.04 Å². The van der Waals surface area contributed by atoms with Gasteiger partial charge in [0, 0.05) is 18.2 Å². The molecule has 0 heterocycles. The predicted molar refractivity (Wildman–Crippen MR) is 130 cm³/mol. The van der Waals surface area contributed by atoms with Crippen LogP contribution in [-0.4, -0.2) is 35.2 Å². The van der Waals surface area contributed by atoms with Crippen molar-refractivity contribution in [3.63, 3.8) is 0 Å². The molecule has 0 spiro atoms. The molecule has 0 aliphatic carbocycles. The number of carbonyl (C=O) groups excluding carboxylic acids is 2. The third-order valence-electron chi connectivity index (χ3n) is 4.78. The van der Waals surface area contributed by atoms with E-state index < -0.39 is 29.8 Å². The Morgan fingerprint density at radius 1 is 0.969 bits per heavy atom. The first-order chi connectivity index (χ1) is 15.2. The van der Waals surface area contributed by atoms with E-state index in [4.69, 9.17) is 21.7 Å². The van der Waals surface area contributed by atoms with Crippen LogP contribution in [0.15, 0.2) is 60.7 Å². The molecule has 1 amide bonds. The number of amides is 1. The second-order valence-corrected chi connectivity index (χ2v) is 9.07. The van der Waals surface area contributed by atoms with Gasteiger partial charge in [-0.3, -0.25) is 4.79 Å². The number of hydrogen-bond donors (Lipinski definition) is 1. The molecule has 1 N–H and O–H groups in total. The lowest BCUT2D eigenvalue weighted by Crippen LogP contribution is -2.49. The Hall–Kier alpha value is -2.73. The van der Waals surface area contributed by atoms with Gasteiger partial charge in [-0.15, -0.1) is 0 Å². The molecule has 0 saturated heterocycles. The molecule has 171 valence electrons. The molecule has 0 bridgehead atoms. The highest BCUT2D eigenvalue weighted by Gasteiger charge is 2.30. The van der Waals surface area contributed by atoms with Crippen LogP contribution in [0, 0.1) is 5.92 Å². The minimum atomic E-state index is -0.643. The first-order valence-corrected chi connectivity index (χ1v) is 11.2. The van der Waals surface area contributed by atoms with Gasteiger partial charge in [-0.05, 0) is 51.2 Å². The van der Waals surface area contributed by atoms with Crippen molar-refractivity contribution in [3.8, 4) is 0 Å². The van der Waals surface area contributed by atoms with Crippen LogP contribution in [0.3, 0.4) is 0 Å². The van der Waals surface area contributed by atoms with Crippen molar-refractivity contribution in [1.82, 2.24) is 5.32 Å². The Labute approximate surface area is 196 Å². The molecular weight excluding hydrogens is 422 g/mol. The van der Waals surface area contributed by atoms with Gasteiger partial charge in [-0.25, -0.2) is 4.79 Å². The maximum atomic E-state index is 12.6. The predicted octanol–water partition coefficient (Wildman–Crippen LogP) is 5.18.